The summed E-state index contributed by atoms with van der Waals surface area (Å²) in [5, 5.41) is 12.3. The first-order chi connectivity index (χ1) is 15.5. The van der Waals surface area contributed by atoms with Crippen molar-refractivity contribution >= 4 is 35.0 Å². The maximum atomic E-state index is 12.6. The normalized spacial score (nSPS) is 13.4. The first-order valence-electron chi connectivity index (χ1n) is 9.62. The zero-order valence-corrected chi connectivity index (χ0v) is 17.7. The number of carbonyl (C=O) groups excluding carboxylic acids is 1. The van der Waals surface area contributed by atoms with E-state index in [1.807, 2.05) is 6.07 Å². The van der Waals surface area contributed by atoms with Crippen molar-refractivity contribution in [3.63, 3.8) is 0 Å². The highest BCUT2D eigenvalue weighted by Crippen LogP contribution is 2.25. The molecule has 0 unspecified atom stereocenters. The van der Waals surface area contributed by atoms with E-state index in [0.717, 1.165) is 0 Å². The maximum Gasteiger partial charge on any atom is 0.420 e. The number of aromatic nitrogens is 2. The molecule has 2 aromatic heterocycles. The van der Waals surface area contributed by atoms with Crippen molar-refractivity contribution in [3.05, 3.63) is 71.0 Å². The molecule has 0 radical (unpaired) electrons. The van der Waals surface area contributed by atoms with Crippen LogP contribution < -0.4 is 15.0 Å². The SMILES string of the molecule is CN(C(=O)Oc1ccc(Nc2cc(Cl)c(C#N)cn2)cc1)c1cccc(C2OCCO2)n1. The number of anilines is 3. The second-order valence-electron chi connectivity index (χ2n) is 6.73. The lowest BCUT2D eigenvalue weighted by atomic mass is 10.3. The zero-order chi connectivity index (χ0) is 22.5. The quantitative estimate of drug-likeness (QED) is 0.606. The van der Waals surface area contributed by atoms with Gasteiger partial charge in [0.05, 0.1) is 29.5 Å². The number of carbonyl (C=O) groups is 1. The first-order valence-corrected chi connectivity index (χ1v) is 10.00. The molecular formula is C22H18ClN5O4. The number of pyridine rings is 2. The standard InChI is InChI=1S/C22H18ClN5O4/c1-28(20-4-2-3-18(27-20)21-30-9-10-31-21)22(29)32-16-7-5-15(6-8-16)26-19-11-17(23)14(12-24)13-25-19/h2-8,11,13,21H,9-10H2,1H3,(H,25,26). The molecule has 9 nitrogen and oxygen atoms in total. The average Bonchev–Trinajstić information content (AvgIpc) is 3.35. The van der Waals surface area contributed by atoms with Crippen LogP contribution in [0.2, 0.25) is 5.02 Å². The van der Waals surface area contributed by atoms with Crippen molar-refractivity contribution in [1.29, 1.82) is 5.26 Å². The Kier molecular flexibility index (Phi) is 6.47. The molecule has 0 aliphatic carbocycles. The van der Waals surface area contributed by atoms with Gasteiger partial charge >= 0.3 is 6.09 Å². The summed E-state index contributed by atoms with van der Waals surface area (Å²) in [4.78, 5) is 22.4. The molecule has 10 heteroatoms. The molecule has 1 aliphatic heterocycles. The van der Waals surface area contributed by atoms with E-state index in [2.05, 4.69) is 15.3 Å². The van der Waals surface area contributed by atoms with Gasteiger partial charge in [0.2, 0.25) is 6.29 Å². The molecule has 1 saturated heterocycles. The van der Waals surface area contributed by atoms with Crippen LogP contribution in [-0.4, -0.2) is 36.3 Å². The predicted molar refractivity (Wildman–Crippen MR) is 117 cm³/mol. The van der Waals surface area contributed by atoms with Gasteiger partial charge in [-0.15, -0.1) is 0 Å². The van der Waals surface area contributed by atoms with Crippen LogP contribution in [0, 0.1) is 11.3 Å². The number of halogens is 1. The topological polar surface area (TPSA) is 110 Å². The zero-order valence-electron chi connectivity index (χ0n) is 17.0. The Balaban J connectivity index is 1.39. The van der Waals surface area contributed by atoms with E-state index in [9.17, 15) is 4.79 Å². The van der Waals surface area contributed by atoms with Gasteiger partial charge in [-0.2, -0.15) is 5.26 Å². The van der Waals surface area contributed by atoms with Crippen molar-refractivity contribution in [3.8, 4) is 11.8 Å². The number of amides is 1. The second kappa shape index (κ2) is 9.62. The second-order valence-corrected chi connectivity index (χ2v) is 7.14. The number of hydrogen-bond donors (Lipinski definition) is 1. The van der Waals surface area contributed by atoms with Gasteiger partial charge in [-0.25, -0.2) is 14.8 Å². The molecule has 3 heterocycles. The van der Waals surface area contributed by atoms with E-state index in [1.165, 1.54) is 11.1 Å². The molecule has 1 fully saturated rings. The van der Waals surface area contributed by atoms with Crippen molar-refractivity contribution < 1.29 is 19.0 Å². The highest BCUT2D eigenvalue weighted by atomic mass is 35.5. The molecule has 1 aromatic carbocycles. The van der Waals surface area contributed by atoms with Crippen molar-refractivity contribution in [1.82, 2.24) is 9.97 Å². The lowest BCUT2D eigenvalue weighted by molar-refractivity contribution is -0.0472. The van der Waals surface area contributed by atoms with Crippen LogP contribution in [0.4, 0.5) is 22.1 Å². The predicted octanol–water partition coefficient (Wildman–Crippen LogP) is 4.43. The van der Waals surface area contributed by atoms with Gasteiger partial charge in [-0.1, -0.05) is 17.7 Å². The van der Waals surface area contributed by atoms with E-state index in [-0.39, 0.29) is 0 Å². The van der Waals surface area contributed by atoms with Crippen LogP contribution in [0.15, 0.2) is 54.7 Å². The molecule has 0 spiro atoms. The highest BCUT2D eigenvalue weighted by Gasteiger charge is 2.22. The summed E-state index contributed by atoms with van der Waals surface area (Å²) < 4.78 is 16.3. The Bertz CT molecular complexity index is 1160. The number of nitrogens with one attached hydrogen (secondary N) is 1. The molecule has 4 rings (SSSR count). The van der Waals surface area contributed by atoms with E-state index in [1.54, 1.807) is 55.6 Å². The first kappa shape index (κ1) is 21.5. The number of nitriles is 1. The van der Waals surface area contributed by atoms with Crippen LogP contribution in [0.3, 0.4) is 0 Å². The third kappa shape index (κ3) is 4.95. The fourth-order valence-electron chi connectivity index (χ4n) is 2.89. The highest BCUT2D eigenvalue weighted by molar-refractivity contribution is 6.31. The summed E-state index contributed by atoms with van der Waals surface area (Å²) in [6.45, 7) is 1.02. The lowest BCUT2D eigenvalue weighted by Gasteiger charge is -2.18. The Hall–Kier alpha value is -3.71. The maximum absolute atomic E-state index is 12.6. The smallest absolute Gasteiger partial charge is 0.410 e. The summed E-state index contributed by atoms with van der Waals surface area (Å²) in [5.74, 6) is 1.25. The van der Waals surface area contributed by atoms with Crippen LogP contribution >= 0.6 is 11.6 Å². The molecule has 1 N–H and O–H groups in total. The number of rotatable bonds is 5. The molecule has 1 aliphatic rings. The van der Waals surface area contributed by atoms with Gasteiger partial charge in [0.25, 0.3) is 0 Å². The molecule has 32 heavy (non-hydrogen) atoms. The third-order valence-electron chi connectivity index (χ3n) is 4.54. The van der Waals surface area contributed by atoms with E-state index < -0.39 is 12.4 Å². The molecular weight excluding hydrogens is 434 g/mol. The summed E-state index contributed by atoms with van der Waals surface area (Å²) in [7, 11) is 1.57. The minimum absolute atomic E-state index is 0.298. The minimum atomic E-state index is -0.593. The average molecular weight is 452 g/mol. The monoisotopic (exact) mass is 451 g/mol. The fourth-order valence-corrected chi connectivity index (χ4v) is 3.08. The van der Waals surface area contributed by atoms with Crippen molar-refractivity contribution in [2.75, 3.05) is 30.5 Å². The molecule has 162 valence electrons. The molecule has 1 amide bonds. The van der Waals surface area contributed by atoms with Gasteiger partial charge in [-0.3, -0.25) is 4.90 Å². The summed E-state index contributed by atoms with van der Waals surface area (Å²) in [5.41, 5.74) is 1.59. The van der Waals surface area contributed by atoms with Crippen LogP contribution in [0.1, 0.15) is 17.5 Å². The van der Waals surface area contributed by atoms with Crippen LogP contribution in [0.5, 0.6) is 5.75 Å². The van der Waals surface area contributed by atoms with Gasteiger partial charge in [0.1, 0.15) is 23.5 Å². The Morgan fingerprint density at radius 1 is 1.25 bits per heavy atom. The van der Waals surface area contributed by atoms with Crippen molar-refractivity contribution in [2.24, 2.45) is 0 Å². The largest absolute Gasteiger partial charge is 0.420 e. The minimum Gasteiger partial charge on any atom is -0.410 e. The van der Waals surface area contributed by atoms with E-state index >= 15 is 0 Å². The van der Waals surface area contributed by atoms with Gasteiger partial charge in [0.15, 0.2) is 0 Å². The van der Waals surface area contributed by atoms with Crippen LogP contribution in [-0.2, 0) is 9.47 Å². The van der Waals surface area contributed by atoms with Gasteiger partial charge in [-0.05, 0) is 36.4 Å². The lowest BCUT2D eigenvalue weighted by Crippen LogP contribution is -2.30. The number of nitrogens with zero attached hydrogens (tertiary/aromatic N) is 4. The number of ether oxygens (including phenoxy) is 3. The molecule has 0 bridgehead atoms. The van der Waals surface area contributed by atoms with Crippen molar-refractivity contribution in [2.45, 2.75) is 6.29 Å². The molecule has 0 atom stereocenters. The summed E-state index contributed by atoms with van der Waals surface area (Å²) in [6.07, 6.45) is 0.272. The Morgan fingerprint density at radius 3 is 2.69 bits per heavy atom. The van der Waals surface area contributed by atoms with Crippen LogP contribution in [0.25, 0.3) is 0 Å². The third-order valence-corrected chi connectivity index (χ3v) is 4.86. The van der Waals surface area contributed by atoms with E-state index in [4.69, 9.17) is 31.1 Å². The van der Waals surface area contributed by atoms with Gasteiger partial charge in [0, 0.05) is 25.0 Å². The number of benzene rings is 1. The fraction of sp³-hybridized carbons (Fsp3) is 0.182. The molecule has 0 saturated carbocycles. The van der Waals surface area contributed by atoms with E-state index in [0.29, 0.717) is 52.6 Å². The Morgan fingerprint density at radius 2 is 2.00 bits per heavy atom. The molecule has 3 aromatic rings. The summed E-state index contributed by atoms with van der Waals surface area (Å²) >= 11 is 6.02. The van der Waals surface area contributed by atoms with Gasteiger partial charge < -0.3 is 19.5 Å². The Labute approximate surface area is 189 Å². The number of hydrogen-bond acceptors (Lipinski definition) is 8. The summed E-state index contributed by atoms with van der Waals surface area (Å²) in [6, 6.07) is 15.5.